The van der Waals surface area contributed by atoms with Crippen molar-refractivity contribution in [3.05, 3.63) is 42.0 Å². The molecule has 0 radical (unpaired) electrons. The molecule has 0 heterocycles. The second-order valence-corrected chi connectivity index (χ2v) is 7.76. The molecule has 2 N–H and O–H groups in total. The van der Waals surface area contributed by atoms with Gasteiger partial charge in [-0.2, -0.15) is 13.2 Å². The predicted molar refractivity (Wildman–Crippen MR) is 102 cm³/mol. The monoisotopic (exact) mass is 405 g/mol. The number of esters is 1. The standard InChI is InChI=1S/C22H22F3NO3/c23-22(24,25)16-8-6-14(7-9-16)18-10-17(29-21(27)15-2-1-3-15)11-19(20(18)26)28-12-13-4-5-13/h6-11,13,15H,1-5,12,26H2. The van der Waals surface area contributed by atoms with Crippen LogP contribution in [-0.2, 0) is 11.0 Å². The first kappa shape index (κ1) is 19.6. The molecule has 2 aliphatic rings. The number of benzene rings is 2. The predicted octanol–water partition coefficient (Wildman–Crippen LogP) is 5.45. The van der Waals surface area contributed by atoms with E-state index in [0.717, 1.165) is 44.2 Å². The molecule has 0 atom stereocenters. The highest BCUT2D eigenvalue weighted by molar-refractivity contribution is 5.84. The first-order valence-corrected chi connectivity index (χ1v) is 9.77. The van der Waals surface area contributed by atoms with Crippen molar-refractivity contribution in [1.82, 2.24) is 0 Å². The lowest BCUT2D eigenvalue weighted by atomic mass is 9.86. The number of nitrogens with two attached hydrogens (primary N) is 1. The number of nitrogen functional groups attached to an aromatic ring is 1. The molecule has 0 spiro atoms. The van der Waals surface area contributed by atoms with Crippen molar-refractivity contribution in [1.29, 1.82) is 0 Å². The molecule has 0 bridgehead atoms. The Morgan fingerprint density at radius 3 is 2.31 bits per heavy atom. The van der Waals surface area contributed by atoms with E-state index in [-0.39, 0.29) is 17.6 Å². The lowest BCUT2D eigenvalue weighted by molar-refractivity contribution is -0.141. The number of ether oxygens (including phenoxy) is 2. The van der Waals surface area contributed by atoms with E-state index in [0.29, 0.717) is 35.1 Å². The van der Waals surface area contributed by atoms with Gasteiger partial charge in [-0.1, -0.05) is 18.6 Å². The second kappa shape index (κ2) is 7.61. The van der Waals surface area contributed by atoms with Gasteiger partial charge in [-0.25, -0.2) is 0 Å². The number of rotatable bonds is 6. The third-order valence-electron chi connectivity index (χ3n) is 5.47. The summed E-state index contributed by atoms with van der Waals surface area (Å²) in [5.41, 5.74) is 6.80. The van der Waals surface area contributed by atoms with Crippen LogP contribution >= 0.6 is 0 Å². The Morgan fingerprint density at radius 1 is 1.07 bits per heavy atom. The first-order chi connectivity index (χ1) is 13.8. The minimum atomic E-state index is -4.41. The molecule has 0 saturated heterocycles. The SMILES string of the molecule is Nc1c(OCC2CC2)cc(OC(=O)C2CCC2)cc1-c1ccc(C(F)(F)F)cc1. The summed E-state index contributed by atoms with van der Waals surface area (Å²) in [6.07, 6.45) is 0.413. The lowest BCUT2D eigenvalue weighted by Crippen LogP contribution is -2.26. The van der Waals surface area contributed by atoms with Gasteiger partial charge in [0.2, 0.25) is 0 Å². The van der Waals surface area contributed by atoms with E-state index in [1.54, 1.807) is 12.1 Å². The molecule has 0 aliphatic heterocycles. The lowest BCUT2D eigenvalue weighted by Gasteiger charge is -2.23. The molecule has 7 heteroatoms. The van der Waals surface area contributed by atoms with Gasteiger partial charge >= 0.3 is 12.1 Å². The molecule has 0 amide bonds. The largest absolute Gasteiger partial charge is 0.491 e. The van der Waals surface area contributed by atoms with Gasteiger partial charge in [-0.3, -0.25) is 4.79 Å². The fraction of sp³-hybridized carbons (Fsp3) is 0.409. The number of hydrogen-bond acceptors (Lipinski definition) is 4. The van der Waals surface area contributed by atoms with Gasteiger partial charge in [0.15, 0.2) is 0 Å². The average molecular weight is 405 g/mol. The Balaban J connectivity index is 1.65. The van der Waals surface area contributed by atoms with Crippen LogP contribution in [0.2, 0.25) is 0 Å². The van der Waals surface area contributed by atoms with E-state index < -0.39 is 11.7 Å². The smallest absolute Gasteiger partial charge is 0.416 e. The van der Waals surface area contributed by atoms with Crippen LogP contribution in [-0.4, -0.2) is 12.6 Å². The third kappa shape index (κ3) is 4.49. The Morgan fingerprint density at radius 2 is 1.76 bits per heavy atom. The molecule has 2 saturated carbocycles. The molecule has 2 aromatic carbocycles. The highest BCUT2D eigenvalue weighted by Gasteiger charge is 2.31. The maximum Gasteiger partial charge on any atom is 0.416 e. The van der Waals surface area contributed by atoms with E-state index in [2.05, 4.69) is 0 Å². The van der Waals surface area contributed by atoms with Crippen LogP contribution in [0.1, 0.15) is 37.7 Å². The van der Waals surface area contributed by atoms with Gasteiger partial charge in [0, 0.05) is 11.6 Å². The number of halogens is 3. The molecular formula is C22H22F3NO3. The molecule has 0 aromatic heterocycles. The number of carbonyl (C=O) groups is 1. The molecular weight excluding hydrogens is 383 g/mol. The quantitative estimate of drug-likeness (QED) is 0.394. The Labute approximate surface area is 166 Å². The molecule has 4 rings (SSSR count). The second-order valence-electron chi connectivity index (χ2n) is 7.76. The van der Waals surface area contributed by atoms with Crippen LogP contribution in [0.3, 0.4) is 0 Å². The van der Waals surface area contributed by atoms with Gasteiger partial charge in [-0.05, 0) is 55.4 Å². The average Bonchev–Trinajstić information content (AvgIpc) is 3.44. The molecule has 2 aromatic rings. The Kier molecular flexibility index (Phi) is 5.15. The molecule has 154 valence electrons. The van der Waals surface area contributed by atoms with Gasteiger partial charge in [0.25, 0.3) is 0 Å². The number of alkyl halides is 3. The number of hydrogen-bond donors (Lipinski definition) is 1. The summed E-state index contributed by atoms with van der Waals surface area (Å²) in [6.45, 7) is 0.511. The zero-order valence-corrected chi connectivity index (χ0v) is 15.8. The zero-order chi connectivity index (χ0) is 20.6. The minimum Gasteiger partial charge on any atom is -0.491 e. The van der Waals surface area contributed by atoms with Crippen LogP contribution in [0.15, 0.2) is 36.4 Å². The van der Waals surface area contributed by atoms with E-state index in [1.807, 2.05) is 0 Å². The van der Waals surface area contributed by atoms with E-state index in [9.17, 15) is 18.0 Å². The van der Waals surface area contributed by atoms with Crippen molar-refractivity contribution < 1.29 is 27.4 Å². The summed E-state index contributed by atoms with van der Waals surface area (Å²) < 4.78 is 50.0. The van der Waals surface area contributed by atoms with Gasteiger partial charge < -0.3 is 15.2 Å². The topological polar surface area (TPSA) is 61.6 Å². The van der Waals surface area contributed by atoms with Crippen LogP contribution < -0.4 is 15.2 Å². The Hall–Kier alpha value is -2.70. The van der Waals surface area contributed by atoms with Crippen LogP contribution in [0.25, 0.3) is 11.1 Å². The fourth-order valence-corrected chi connectivity index (χ4v) is 3.19. The van der Waals surface area contributed by atoms with E-state index in [4.69, 9.17) is 15.2 Å². The van der Waals surface area contributed by atoms with Crippen LogP contribution in [0, 0.1) is 11.8 Å². The van der Waals surface area contributed by atoms with Crippen molar-refractivity contribution in [3.63, 3.8) is 0 Å². The highest BCUT2D eigenvalue weighted by atomic mass is 19.4. The fourth-order valence-electron chi connectivity index (χ4n) is 3.19. The molecule has 0 unspecified atom stereocenters. The number of anilines is 1. The van der Waals surface area contributed by atoms with E-state index in [1.165, 1.54) is 12.1 Å². The highest BCUT2D eigenvalue weighted by Crippen LogP contribution is 2.41. The third-order valence-corrected chi connectivity index (χ3v) is 5.47. The van der Waals surface area contributed by atoms with Crippen molar-refractivity contribution in [2.75, 3.05) is 12.3 Å². The minimum absolute atomic E-state index is 0.0992. The molecule has 2 fully saturated rings. The maximum absolute atomic E-state index is 12.9. The summed E-state index contributed by atoms with van der Waals surface area (Å²) in [4.78, 5) is 12.3. The van der Waals surface area contributed by atoms with Crippen LogP contribution in [0.5, 0.6) is 11.5 Å². The molecule has 29 heavy (non-hydrogen) atoms. The summed E-state index contributed by atoms with van der Waals surface area (Å²) in [5.74, 6) is 0.762. The molecule has 2 aliphatic carbocycles. The van der Waals surface area contributed by atoms with Crippen LogP contribution in [0.4, 0.5) is 18.9 Å². The zero-order valence-electron chi connectivity index (χ0n) is 15.8. The van der Waals surface area contributed by atoms with Gasteiger partial charge in [0.05, 0.1) is 23.8 Å². The summed E-state index contributed by atoms with van der Waals surface area (Å²) in [6, 6.07) is 7.90. The van der Waals surface area contributed by atoms with Crippen molar-refractivity contribution in [2.24, 2.45) is 11.8 Å². The Bertz CT molecular complexity index is 901. The van der Waals surface area contributed by atoms with Crippen molar-refractivity contribution in [3.8, 4) is 22.6 Å². The van der Waals surface area contributed by atoms with Gasteiger partial charge in [-0.15, -0.1) is 0 Å². The molecule has 4 nitrogen and oxygen atoms in total. The summed E-state index contributed by atoms with van der Waals surface area (Å²) in [7, 11) is 0. The maximum atomic E-state index is 12.9. The first-order valence-electron chi connectivity index (χ1n) is 9.77. The normalized spacial score (nSPS) is 16.9. The van der Waals surface area contributed by atoms with E-state index >= 15 is 0 Å². The summed E-state index contributed by atoms with van der Waals surface area (Å²) in [5, 5.41) is 0. The van der Waals surface area contributed by atoms with Crippen molar-refractivity contribution in [2.45, 2.75) is 38.3 Å². The number of carbonyl (C=O) groups excluding carboxylic acids is 1. The van der Waals surface area contributed by atoms with Crippen molar-refractivity contribution >= 4 is 11.7 Å². The summed E-state index contributed by atoms with van der Waals surface area (Å²) >= 11 is 0. The van der Waals surface area contributed by atoms with Gasteiger partial charge in [0.1, 0.15) is 11.5 Å².